The predicted octanol–water partition coefficient (Wildman–Crippen LogP) is 3.36. The van der Waals surface area contributed by atoms with Crippen molar-refractivity contribution >= 4 is 25.4 Å². The zero-order chi connectivity index (χ0) is 22.4. The van der Waals surface area contributed by atoms with Crippen LogP contribution in [0.2, 0.25) is 0 Å². The molecule has 0 amide bonds. The Balaban J connectivity index is 2.37. The molecular weight excluding hydrogens is 447 g/mol. The Kier molecular flexibility index (Phi) is 8.58. The molecule has 164 valence electrons. The molecule has 1 aromatic rings. The van der Waals surface area contributed by atoms with Crippen molar-refractivity contribution < 1.29 is 24.1 Å². The molecule has 1 aromatic carbocycles. The van der Waals surface area contributed by atoms with Crippen LogP contribution in [0.5, 0.6) is 5.75 Å². The van der Waals surface area contributed by atoms with Gasteiger partial charge in [-0.2, -0.15) is 0 Å². The third kappa shape index (κ3) is 6.62. The molecule has 30 heavy (non-hydrogen) atoms. The number of hydrogen-bond donors (Lipinski definition) is 1. The molecule has 6 heteroatoms. The number of carboxylic acids is 1. The number of benzene rings is 1. The third-order valence-electron chi connectivity index (χ3n) is 5.40. The van der Waals surface area contributed by atoms with E-state index in [1.54, 1.807) is 14.0 Å². The van der Waals surface area contributed by atoms with Crippen LogP contribution in [0.25, 0.3) is 0 Å². The molecule has 0 saturated heterocycles. The van der Waals surface area contributed by atoms with E-state index in [4.69, 9.17) is 19.3 Å². The first kappa shape index (κ1) is 24.5. The molecule has 0 aromatic heterocycles. The summed E-state index contributed by atoms with van der Waals surface area (Å²) in [6.07, 6.45) is 3.38. The van der Waals surface area contributed by atoms with Gasteiger partial charge in [0, 0.05) is 0 Å². The number of aliphatic carboxylic acids is 1. The molecule has 0 atom stereocenters. The first-order valence-corrected chi connectivity index (χ1v) is 11.8. The van der Waals surface area contributed by atoms with Crippen LogP contribution < -0.4 is 9.20 Å². The van der Waals surface area contributed by atoms with Gasteiger partial charge in [0.1, 0.15) is 0 Å². The molecule has 1 aliphatic carbocycles. The number of ether oxygens (including phenoxy) is 3. The van der Waals surface area contributed by atoms with Gasteiger partial charge in [-0.25, -0.2) is 0 Å². The maximum absolute atomic E-state index is 10.8. The first-order chi connectivity index (χ1) is 14.1. The fourth-order valence-corrected chi connectivity index (χ4v) is 4.96. The van der Waals surface area contributed by atoms with E-state index < -0.39 is 5.97 Å². The van der Waals surface area contributed by atoms with Crippen molar-refractivity contribution in [3.8, 4) is 16.5 Å². The summed E-state index contributed by atoms with van der Waals surface area (Å²) < 4.78 is 17.6. The summed E-state index contributed by atoms with van der Waals surface area (Å²) in [5.41, 5.74) is 3.38. The second-order valence-corrected chi connectivity index (χ2v) is 10.5. The van der Waals surface area contributed by atoms with Crippen LogP contribution in [-0.4, -0.2) is 53.1 Å². The summed E-state index contributed by atoms with van der Waals surface area (Å²) in [7, 11) is 1.64. The summed E-state index contributed by atoms with van der Waals surface area (Å²) in [4.78, 5) is 14.0. The van der Waals surface area contributed by atoms with Crippen LogP contribution >= 0.6 is 0 Å². The number of hydrogen-bond acceptors (Lipinski definition) is 4. The Morgan fingerprint density at radius 3 is 2.40 bits per heavy atom. The standard InChI is InChI=1S/C24H32O5Se/c1-17(13-22(25)26)7-12-30-21-15-19-18(23(2,3)8-9-24(19,4)5)14-20(21)29-16-28-11-10-27-6/h13-15H,8-11,16H2,1-6H3,(H,25,26)/b17-13+. The van der Waals surface area contributed by atoms with E-state index in [1.165, 1.54) is 11.1 Å². The molecular formula is C24H32O5Se. The Bertz CT molecular complexity index is 858. The van der Waals surface area contributed by atoms with Gasteiger partial charge in [0.2, 0.25) is 0 Å². The molecule has 0 fully saturated rings. The van der Waals surface area contributed by atoms with Gasteiger partial charge >= 0.3 is 186 Å². The molecule has 0 heterocycles. The van der Waals surface area contributed by atoms with Gasteiger partial charge < -0.3 is 0 Å². The number of fused-ring (bicyclic) bond motifs is 1. The number of carbonyl (C=O) groups is 1. The van der Waals surface area contributed by atoms with Crippen molar-refractivity contribution in [1.29, 1.82) is 0 Å². The van der Waals surface area contributed by atoms with Gasteiger partial charge in [-0.1, -0.05) is 0 Å². The minimum atomic E-state index is -0.982. The topological polar surface area (TPSA) is 65.0 Å². The van der Waals surface area contributed by atoms with Crippen LogP contribution in [0.15, 0.2) is 23.8 Å². The van der Waals surface area contributed by atoms with Crippen molar-refractivity contribution in [3.05, 3.63) is 34.9 Å². The number of carboxylic acid groups (broad SMARTS) is 1. The van der Waals surface area contributed by atoms with Gasteiger partial charge in [-0.05, 0) is 0 Å². The molecule has 1 aliphatic rings. The molecule has 5 nitrogen and oxygen atoms in total. The van der Waals surface area contributed by atoms with Gasteiger partial charge in [0.15, 0.2) is 0 Å². The van der Waals surface area contributed by atoms with Gasteiger partial charge in [0.25, 0.3) is 0 Å². The van der Waals surface area contributed by atoms with E-state index in [-0.39, 0.29) is 32.6 Å². The van der Waals surface area contributed by atoms with E-state index in [2.05, 4.69) is 50.6 Å². The Morgan fingerprint density at radius 1 is 1.17 bits per heavy atom. The summed E-state index contributed by atoms with van der Waals surface area (Å²) in [5, 5.41) is 8.86. The molecule has 0 saturated carbocycles. The molecule has 0 bridgehead atoms. The van der Waals surface area contributed by atoms with Gasteiger partial charge in [0.05, 0.1) is 0 Å². The van der Waals surface area contributed by atoms with Crippen LogP contribution in [0.1, 0.15) is 58.6 Å². The maximum atomic E-state index is 10.8. The molecule has 1 N–H and O–H groups in total. The minimum absolute atomic E-state index is 0.0812. The van der Waals surface area contributed by atoms with Crippen molar-refractivity contribution in [2.24, 2.45) is 0 Å². The van der Waals surface area contributed by atoms with E-state index in [1.807, 2.05) is 0 Å². The molecule has 0 spiro atoms. The van der Waals surface area contributed by atoms with Crippen LogP contribution in [0, 0.1) is 10.7 Å². The van der Waals surface area contributed by atoms with E-state index in [9.17, 15) is 4.79 Å². The second-order valence-electron chi connectivity index (χ2n) is 8.77. The number of allylic oxidation sites excluding steroid dienone is 1. The Morgan fingerprint density at radius 2 is 1.80 bits per heavy atom. The van der Waals surface area contributed by atoms with Crippen molar-refractivity contribution in [2.75, 3.05) is 27.1 Å². The number of methoxy groups -OCH3 is 1. The molecule has 0 radical (unpaired) electrons. The third-order valence-corrected chi connectivity index (χ3v) is 6.95. The quantitative estimate of drug-likeness (QED) is 0.204. The summed E-state index contributed by atoms with van der Waals surface area (Å²) in [6.45, 7) is 12.0. The molecule has 0 unspecified atom stereocenters. The molecule has 0 aliphatic heterocycles. The number of rotatable bonds is 8. The van der Waals surface area contributed by atoms with Crippen LogP contribution in [-0.2, 0) is 25.1 Å². The van der Waals surface area contributed by atoms with Crippen LogP contribution in [0.4, 0.5) is 0 Å². The van der Waals surface area contributed by atoms with Crippen LogP contribution in [0.3, 0.4) is 0 Å². The average molecular weight is 479 g/mol. The van der Waals surface area contributed by atoms with Crippen molar-refractivity contribution in [1.82, 2.24) is 0 Å². The van der Waals surface area contributed by atoms with E-state index >= 15 is 0 Å². The van der Waals surface area contributed by atoms with Crippen molar-refractivity contribution in [3.63, 3.8) is 0 Å². The molecule has 2 rings (SSSR count). The SMILES string of the molecule is COCCOCOc1cc2c(cc1[Se]C#C/C(C)=C/C(=O)O)C(C)(C)CCC2(C)C. The average Bonchev–Trinajstić information content (AvgIpc) is 2.65. The second kappa shape index (κ2) is 10.5. The van der Waals surface area contributed by atoms with Crippen molar-refractivity contribution in [2.45, 2.75) is 58.3 Å². The fourth-order valence-electron chi connectivity index (χ4n) is 3.46. The monoisotopic (exact) mass is 480 g/mol. The Labute approximate surface area is 186 Å². The summed E-state index contributed by atoms with van der Waals surface area (Å²) in [6, 6.07) is 4.40. The summed E-state index contributed by atoms with van der Waals surface area (Å²) >= 11 is -0.178. The fraction of sp³-hybridized carbons (Fsp3) is 0.542. The predicted molar refractivity (Wildman–Crippen MR) is 120 cm³/mol. The zero-order valence-corrected chi connectivity index (χ0v) is 20.5. The Hall–Kier alpha value is -1.77. The summed E-state index contributed by atoms with van der Waals surface area (Å²) in [5.74, 6) is 2.76. The van der Waals surface area contributed by atoms with E-state index in [0.29, 0.717) is 18.8 Å². The van der Waals surface area contributed by atoms with E-state index in [0.717, 1.165) is 29.1 Å². The zero-order valence-electron chi connectivity index (χ0n) is 18.8. The van der Waals surface area contributed by atoms with Gasteiger partial charge in [-0.3, -0.25) is 0 Å². The van der Waals surface area contributed by atoms with Gasteiger partial charge in [-0.15, -0.1) is 0 Å². The normalized spacial score (nSPS) is 16.9. The first-order valence-electron chi connectivity index (χ1n) is 10.0.